The monoisotopic (exact) mass is 253 g/mol. The van der Waals surface area contributed by atoms with E-state index in [0.29, 0.717) is 5.56 Å². The molecule has 0 radical (unpaired) electrons. The fourth-order valence-electron chi connectivity index (χ4n) is 1.40. The van der Waals surface area contributed by atoms with Crippen molar-refractivity contribution >= 4 is 11.8 Å². The predicted octanol–water partition coefficient (Wildman–Crippen LogP) is 0.0778. The smallest absolute Gasteiger partial charge is 0.239 e. The van der Waals surface area contributed by atoms with Crippen LogP contribution in [-0.2, 0) is 9.59 Å². The van der Waals surface area contributed by atoms with Crippen molar-refractivity contribution in [1.29, 1.82) is 0 Å². The number of halogens is 1. The van der Waals surface area contributed by atoms with E-state index in [9.17, 15) is 14.0 Å². The summed E-state index contributed by atoms with van der Waals surface area (Å²) >= 11 is 0. The van der Waals surface area contributed by atoms with Crippen LogP contribution in [0.2, 0.25) is 0 Å². The number of benzene rings is 1. The van der Waals surface area contributed by atoms with Crippen LogP contribution in [0.1, 0.15) is 18.5 Å². The van der Waals surface area contributed by atoms with E-state index in [-0.39, 0.29) is 30.9 Å². The highest BCUT2D eigenvalue weighted by Crippen LogP contribution is 2.12. The second-order valence-corrected chi connectivity index (χ2v) is 3.83. The Morgan fingerprint density at radius 2 is 2.11 bits per heavy atom. The molecule has 0 aliphatic rings. The van der Waals surface area contributed by atoms with Crippen molar-refractivity contribution in [3.05, 3.63) is 35.6 Å². The van der Waals surface area contributed by atoms with Gasteiger partial charge in [0, 0.05) is 0 Å². The molecule has 1 rings (SSSR count). The van der Waals surface area contributed by atoms with Crippen LogP contribution in [0.3, 0.4) is 0 Å². The number of rotatable bonds is 5. The zero-order valence-corrected chi connectivity index (χ0v) is 10.1. The molecule has 1 aromatic rings. The average molecular weight is 253 g/mol. The Morgan fingerprint density at radius 1 is 1.39 bits per heavy atom. The van der Waals surface area contributed by atoms with E-state index in [1.807, 2.05) is 0 Å². The van der Waals surface area contributed by atoms with E-state index in [1.54, 1.807) is 19.1 Å². The first kappa shape index (κ1) is 14.1. The van der Waals surface area contributed by atoms with E-state index in [4.69, 9.17) is 5.73 Å². The summed E-state index contributed by atoms with van der Waals surface area (Å²) < 4.78 is 13.0. The maximum atomic E-state index is 13.0. The van der Waals surface area contributed by atoms with Crippen LogP contribution in [0, 0.1) is 5.82 Å². The van der Waals surface area contributed by atoms with E-state index in [2.05, 4.69) is 10.6 Å². The number of nitrogens with two attached hydrogens (primary N) is 1. The molecule has 0 saturated heterocycles. The maximum absolute atomic E-state index is 13.0. The van der Waals surface area contributed by atoms with Crippen LogP contribution in [0.5, 0.6) is 0 Å². The molecule has 1 atom stereocenters. The van der Waals surface area contributed by atoms with Crippen LogP contribution in [-0.4, -0.2) is 24.9 Å². The topological polar surface area (TPSA) is 84.2 Å². The molecule has 0 unspecified atom stereocenters. The third kappa shape index (κ3) is 4.50. The molecule has 2 amide bonds. The summed E-state index contributed by atoms with van der Waals surface area (Å²) in [7, 11) is 0. The highest BCUT2D eigenvalue weighted by Gasteiger charge is 2.10. The minimum absolute atomic E-state index is 0.143. The molecule has 0 spiro atoms. The lowest BCUT2D eigenvalue weighted by Gasteiger charge is -2.14. The van der Waals surface area contributed by atoms with Gasteiger partial charge in [0.25, 0.3) is 0 Å². The van der Waals surface area contributed by atoms with Gasteiger partial charge in [0.05, 0.1) is 19.1 Å². The van der Waals surface area contributed by atoms with Crippen LogP contribution in [0.25, 0.3) is 0 Å². The summed E-state index contributed by atoms with van der Waals surface area (Å²) in [5, 5.41) is 4.99. The number of hydrogen-bond acceptors (Lipinski definition) is 3. The number of carbonyl (C=O) groups is 2. The van der Waals surface area contributed by atoms with E-state index in [1.165, 1.54) is 12.1 Å². The highest BCUT2D eigenvalue weighted by atomic mass is 19.1. The molecule has 0 aliphatic carbocycles. The van der Waals surface area contributed by atoms with Crippen molar-refractivity contribution in [3.8, 4) is 0 Å². The molecule has 18 heavy (non-hydrogen) atoms. The molecule has 1 aromatic carbocycles. The Kier molecular flexibility index (Phi) is 5.26. The number of carbonyl (C=O) groups excluding carboxylic acids is 2. The average Bonchev–Trinajstić information content (AvgIpc) is 2.35. The fourth-order valence-corrected chi connectivity index (χ4v) is 1.40. The molecular formula is C12H16FN3O2. The van der Waals surface area contributed by atoms with Gasteiger partial charge in [0.2, 0.25) is 11.8 Å². The Morgan fingerprint density at radius 3 is 2.72 bits per heavy atom. The molecule has 0 fully saturated rings. The molecule has 0 saturated carbocycles. The van der Waals surface area contributed by atoms with Crippen molar-refractivity contribution in [2.24, 2.45) is 5.73 Å². The first-order valence-corrected chi connectivity index (χ1v) is 5.54. The van der Waals surface area contributed by atoms with Crippen molar-refractivity contribution in [2.45, 2.75) is 13.0 Å². The SMILES string of the molecule is C[C@H](NC(=O)CNC(=O)CN)c1cccc(F)c1. The molecule has 0 heterocycles. The van der Waals surface area contributed by atoms with Crippen molar-refractivity contribution < 1.29 is 14.0 Å². The van der Waals surface area contributed by atoms with Gasteiger partial charge >= 0.3 is 0 Å². The van der Waals surface area contributed by atoms with Crippen molar-refractivity contribution in [1.82, 2.24) is 10.6 Å². The first-order valence-electron chi connectivity index (χ1n) is 5.54. The van der Waals surface area contributed by atoms with E-state index >= 15 is 0 Å². The lowest BCUT2D eigenvalue weighted by atomic mass is 10.1. The highest BCUT2D eigenvalue weighted by molar-refractivity contribution is 5.85. The summed E-state index contributed by atoms with van der Waals surface area (Å²) in [6.07, 6.45) is 0. The van der Waals surface area contributed by atoms with Crippen LogP contribution < -0.4 is 16.4 Å². The third-order valence-electron chi connectivity index (χ3n) is 2.36. The lowest BCUT2D eigenvalue weighted by Crippen LogP contribution is -2.40. The Balaban J connectivity index is 2.47. The zero-order chi connectivity index (χ0) is 13.5. The quantitative estimate of drug-likeness (QED) is 0.694. The minimum atomic E-state index is -0.399. The van der Waals surface area contributed by atoms with Gasteiger partial charge in [0.15, 0.2) is 0 Å². The first-order chi connectivity index (χ1) is 8.52. The van der Waals surface area contributed by atoms with Gasteiger partial charge in [0.1, 0.15) is 5.82 Å². The van der Waals surface area contributed by atoms with E-state index < -0.39 is 5.91 Å². The minimum Gasteiger partial charge on any atom is -0.348 e. The summed E-state index contributed by atoms with van der Waals surface area (Å²) in [4.78, 5) is 22.3. The summed E-state index contributed by atoms with van der Waals surface area (Å²) in [5.74, 6) is -1.11. The molecule has 0 aromatic heterocycles. The second kappa shape index (κ2) is 6.70. The molecule has 6 heteroatoms. The van der Waals surface area contributed by atoms with Gasteiger partial charge in [-0.3, -0.25) is 9.59 Å². The standard InChI is InChI=1S/C12H16FN3O2/c1-8(9-3-2-4-10(13)5-9)16-12(18)7-15-11(17)6-14/h2-5,8H,6-7,14H2,1H3,(H,15,17)(H,16,18)/t8-/m0/s1. The zero-order valence-electron chi connectivity index (χ0n) is 10.1. The fraction of sp³-hybridized carbons (Fsp3) is 0.333. The Bertz CT molecular complexity index is 437. The predicted molar refractivity (Wildman–Crippen MR) is 65.0 cm³/mol. The van der Waals surface area contributed by atoms with Crippen molar-refractivity contribution in [3.63, 3.8) is 0 Å². The van der Waals surface area contributed by atoms with Gasteiger partial charge in [-0.2, -0.15) is 0 Å². The largest absolute Gasteiger partial charge is 0.348 e. The van der Waals surface area contributed by atoms with Crippen LogP contribution in [0.4, 0.5) is 4.39 Å². The summed E-state index contributed by atoms with van der Waals surface area (Å²) in [6, 6.07) is 5.64. The summed E-state index contributed by atoms with van der Waals surface area (Å²) in [6.45, 7) is 1.43. The van der Waals surface area contributed by atoms with Gasteiger partial charge in [-0.05, 0) is 24.6 Å². The maximum Gasteiger partial charge on any atom is 0.239 e. The normalized spacial score (nSPS) is 11.7. The third-order valence-corrected chi connectivity index (χ3v) is 2.36. The number of amides is 2. The Labute approximate surface area is 105 Å². The molecule has 5 nitrogen and oxygen atoms in total. The lowest BCUT2D eigenvalue weighted by molar-refractivity contribution is -0.125. The molecule has 0 aliphatic heterocycles. The second-order valence-electron chi connectivity index (χ2n) is 3.83. The van der Waals surface area contributed by atoms with Crippen molar-refractivity contribution in [2.75, 3.05) is 13.1 Å². The molecule has 0 bridgehead atoms. The van der Waals surface area contributed by atoms with E-state index in [0.717, 1.165) is 0 Å². The molecule has 98 valence electrons. The van der Waals surface area contributed by atoms with Crippen LogP contribution >= 0.6 is 0 Å². The van der Waals surface area contributed by atoms with Gasteiger partial charge < -0.3 is 16.4 Å². The molecular weight excluding hydrogens is 237 g/mol. The summed E-state index contributed by atoms with van der Waals surface area (Å²) in [5.41, 5.74) is 5.74. The molecule has 4 N–H and O–H groups in total. The number of nitrogens with one attached hydrogen (secondary N) is 2. The van der Waals surface area contributed by atoms with Gasteiger partial charge in [-0.1, -0.05) is 12.1 Å². The number of hydrogen-bond donors (Lipinski definition) is 3. The Hall–Kier alpha value is -1.95. The van der Waals surface area contributed by atoms with Crippen LogP contribution in [0.15, 0.2) is 24.3 Å². The van der Waals surface area contributed by atoms with Gasteiger partial charge in [-0.15, -0.1) is 0 Å². The van der Waals surface area contributed by atoms with Gasteiger partial charge in [-0.25, -0.2) is 4.39 Å².